The Morgan fingerprint density at radius 1 is 1.25 bits per heavy atom. The van der Waals surface area contributed by atoms with Crippen LogP contribution >= 0.6 is 0 Å². The number of amides is 2. The molecule has 0 aromatic rings. The van der Waals surface area contributed by atoms with Crippen molar-refractivity contribution in [3.8, 4) is 0 Å². The summed E-state index contributed by atoms with van der Waals surface area (Å²) in [4.78, 5) is 37.5. The maximum absolute atomic E-state index is 11.7. The third-order valence-corrected chi connectivity index (χ3v) is 3.40. The topological polar surface area (TPSA) is 86.5 Å². The Bertz CT molecular complexity index is 545. The van der Waals surface area contributed by atoms with Crippen LogP contribution < -0.4 is 5.32 Å². The molecule has 0 radical (unpaired) electrons. The molecular formula is C13H15N5O2. The second-order valence-electron chi connectivity index (χ2n) is 4.78. The van der Waals surface area contributed by atoms with Crippen LogP contribution in [-0.4, -0.2) is 47.7 Å². The molecule has 1 fully saturated rings. The quantitative estimate of drug-likeness (QED) is 0.747. The van der Waals surface area contributed by atoms with Crippen molar-refractivity contribution >= 4 is 30.1 Å². The molecule has 3 heterocycles. The Hall–Kier alpha value is -2.31. The fraction of sp³-hybridized carbons (Fsp3) is 0.462. The number of hydrogen-bond donors (Lipinski definition) is 1. The zero-order chi connectivity index (χ0) is 13.9. The minimum atomic E-state index is -0.302. The summed E-state index contributed by atoms with van der Waals surface area (Å²) in [5.41, 5.74) is 0.765. The van der Waals surface area contributed by atoms with Gasteiger partial charge in [-0.15, -0.1) is 0 Å². The van der Waals surface area contributed by atoms with Crippen molar-refractivity contribution in [3.05, 3.63) is 11.9 Å². The van der Waals surface area contributed by atoms with Crippen molar-refractivity contribution in [1.29, 1.82) is 0 Å². The van der Waals surface area contributed by atoms with Crippen LogP contribution in [-0.2, 0) is 9.59 Å². The van der Waals surface area contributed by atoms with Gasteiger partial charge in [0, 0.05) is 44.4 Å². The summed E-state index contributed by atoms with van der Waals surface area (Å²) in [6.07, 6.45) is 6.78. The number of nitrogens with one attached hydrogen (secondary N) is 1. The fourth-order valence-corrected chi connectivity index (χ4v) is 2.34. The van der Waals surface area contributed by atoms with Gasteiger partial charge in [-0.3, -0.25) is 24.5 Å². The van der Waals surface area contributed by atoms with Gasteiger partial charge < -0.3 is 5.32 Å². The van der Waals surface area contributed by atoms with Crippen molar-refractivity contribution in [2.45, 2.75) is 31.8 Å². The summed E-state index contributed by atoms with van der Waals surface area (Å²) in [7, 11) is 0. The molecule has 0 aromatic carbocycles. The van der Waals surface area contributed by atoms with Crippen LogP contribution in [0.4, 0.5) is 0 Å². The molecule has 7 nitrogen and oxygen atoms in total. The van der Waals surface area contributed by atoms with E-state index in [1.165, 1.54) is 4.90 Å². The van der Waals surface area contributed by atoms with Crippen LogP contribution in [0.2, 0.25) is 0 Å². The molecule has 2 amide bonds. The van der Waals surface area contributed by atoms with Gasteiger partial charge in [0.15, 0.2) is 6.17 Å². The molecule has 3 rings (SSSR count). The molecule has 0 aliphatic carbocycles. The lowest BCUT2D eigenvalue weighted by atomic mass is 10.1. The third-order valence-electron chi connectivity index (χ3n) is 3.40. The van der Waals surface area contributed by atoms with Crippen LogP contribution in [0.15, 0.2) is 26.9 Å². The molecule has 1 atom stereocenters. The molecule has 0 spiro atoms. The average Bonchev–Trinajstić information content (AvgIpc) is 2.46. The number of hydrogen-bond acceptors (Lipinski definition) is 6. The summed E-state index contributed by atoms with van der Waals surface area (Å²) >= 11 is 0. The second kappa shape index (κ2) is 5.36. The molecule has 3 aliphatic heterocycles. The molecule has 20 heavy (non-hydrogen) atoms. The van der Waals surface area contributed by atoms with E-state index in [4.69, 9.17) is 0 Å². The van der Waals surface area contributed by atoms with Gasteiger partial charge in [0.05, 0.1) is 0 Å². The Balaban J connectivity index is 1.60. The van der Waals surface area contributed by atoms with Crippen LogP contribution in [0.1, 0.15) is 25.7 Å². The van der Waals surface area contributed by atoms with E-state index in [0.29, 0.717) is 32.2 Å². The summed E-state index contributed by atoms with van der Waals surface area (Å²) in [6, 6.07) is 0. The maximum atomic E-state index is 11.7. The first-order chi connectivity index (χ1) is 9.74. The molecule has 1 saturated heterocycles. The van der Waals surface area contributed by atoms with E-state index < -0.39 is 0 Å². The summed E-state index contributed by atoms with van der Waals surface area (Å²) in [5, 5.41) is 3.04. The standard InChI is InChI=1S/C13H15N5O2/c19-11-2-1-3-12(20)18(11)7-4-10-16-8-9-13(17-10)15-6-5-14-9/h5-6,8,13H,1-4,7H2,(H,16,17). The fourth-order valence-electron chi connectivity index (χ4n) is 2.34. The number of carbonyl (C=O) groups is 2. The van der Waals surface area contributed by atoms with E-state index in [1.54, 1.807) is 18.6 Å². The largest absolute Gasteiger partial charge is 0.348 e. The molecule has 0 aromatic heterocycles. The minimum absolute atomic E-state index is 0.0887. The predicted octanol–water partition coefficient (Wildman–Crippen LogP) is 0.240. The minimum Gasteiger partial charge on any atom is -0.348 e. The van der Waals surface area contributed by atoms with Gasteiger partial charge in [0.25, 0.3) is 0 Å². The average molecular weight is 273 g/mol. The number of imide groups is 1. The van der Waals surface area contributed by atoms with Gasteiger partial charge in [-0.1, -0.05) is 0 Å². The smallest absolute Gasteiger partial charge is 0.229 e. The van der Waals surface area contributed by atoms with Crippen LogP contribution in [0, 0.1) is 0 Å². The summed E-state index contributed by atoms with van der Waals surface area (Å²) in [5.74, 6) is 0.544. The van der Waals surface area contributed by atoms with Gasteiger partial charge in [0.1, 0.15) is 11.5 Å². The number of carbonyl (C=O) groups excluding carboxylic acids is 2. The highest BCUT2D eigenvalue weighted by molar-refractivity contribution is 6.17. The van der Waals surface area contributed by atoms with Crippen molar-refractivity contribution < 1.29 is 9.59 Å². The van der Waals surface area contributed by atoms with Gasteiger partial charge in [-0.25, -0.2) is 4.99 Å². The van der Waals surface area contributed by atoms with Crippen LogP contribution in [0.5, 0.6) is 0 Å². The van der Waals surface area contributed by atoms with E-state index in [-0.39, 0.29) is 18.0 Å². The number of amidine groups is 1. The lowest BCUT2D eigenvalue weighted by Crippen LogP contribution is -2.42. The molecule has 104 valence electrons. The highest BCUT2D eigenvalue weighted by atomic mass is 16.2. The first-order valence-corrected chi connectivity index (χ1v) is 6.66. The zero-order valence-electron chi connectivity index (χ0n) is 11.0. The summed E-state index contributed by atoms with van der Waals surface area (Å²) in [6.45, 7) is 0.367. The molecular weight excluding hydrogens is 258 g/mol. The van der Waals surface area contributed by atoms with Gasteiger partial charge in [0.2, 0.25) is 11.8 Å². The predicted molar refractivity (Wildman–Crippen MR) is 74.6 cm³/mol. The van der Waals surface area contributed by atoms with E-state index in [2.05, 4.69) is 20.3 Å². The SMILES string of the molecule is O=C1CCCC(=O)N1CCC1=NC2N=CC=NC2=CN1. The van der Waals surface area contributed by atoms with E-state index >= 15 is 0 Å². The molecule has 0 bridgehead atoms. The Morgan fingerprint density at radius 2 is 2.05 bits per heavy atom. The number of aliphatic imine (C=N–C) groups is 3. The molecule has 0 saturated carbocycles. The van der Waals surface area contributed by atoms with Crippen molar-refractivity contribution in [1.82, 2.24) is 10.2 Å². The first-order valence-electron chi connectivity index (χ1n) is 6.66. The van der Waals surface area contributed by atoms with Crippen LogP contribution in [0.25, 0.3) is 0 Å². The Morgan fingerprint density at radius 3 is 2.85 bits per heavy atom. The normalized spacial score (nSPS) is 25.0. The number of nitrogens with zero attached hydrogens (tertiary/aromatic N) is 4. The zero-order valence-corrected chi connectivity index (χ0v) is 11.0. The monoisotopic (exact) mass is 273 g/mol. The lowest BCUT2D eigenvalue weighted by molar-refractivity contribution is -0.147. The van der Waals surface area contributed by atoms with Crippen molar-refractivity contribution in [2.24, 2.45) is 15.0 Å². The Kier molecular flexibility index (Phi) is 3.41. The van der Waals surface area contributed by atoms with Gasteiger partial charge in [-0.05, 0) is 6.42 Å². The number of fused-ring (bicyclic) bond motifs is 1. The van der Waals surface area contributed by atoms with Gasteiger partial charge in [-0.2, -0.15) is 0 Å². The Labute approximate surface area is 116 Å². The third kappa shape index (κ3) is 2.52. The molecule has 1 unspecified atom stereocenters. The first kappa shape index (κ1) is 12.7. The molecule has 3 aliphatic rings. The number of rotatable bonds is 3. The summed E-state index contributed by atoms with van der Waals surface area (Å²) < 4.78 is 0. The number of piperidine rings is 1. The number of likely N-dealkylation sites (tertiary alicyclic amines) is 1. The lowest BCUT2D eigenvalue weighted by Gasteiger charge is -2.26. The van der Waals surface area contributed by atoms with E-state index in [9.17, 15) is 9.59 Å². The van der Waals surface area contributed by atoms with E-state index in [1.807, 2.05) is 0 Å². The second-order valence-corrected chi connectivity index (χ2v) is 4.78. The molecule has 7 heteroatoms. The van der Waals surface area contributed by atoms with Crippen LogP contribution in [0.3, 0.4) is 0 Å². The molecule has 1 N–H and O–H groups in total. The maximum Gasteiger partial charge on any atom is 0.229 e. The highest BCUT2D eigenvalue weighted by Crippen LogP contribution is 2.16. The van der Waals surface area contributed by atoms with Gasteiger partial charge >= 0.3 is 0 Å². The highest BCUT2D eigenvalue weighted by Gasteiger charge is 2.26. The van der Waals surface area contributed by atoms with E-state index in [0.717, 1.165) is 11.5 Å². The van der Waals surface area contributed by atoms with Crippen molar-refractivity contribution in [3.63, 3.8) is 0 Å². The van der Waals surface area contributed by atoms with Crippen molar-refractivity contribution in [2.75, 3.05) is 6.54 Å².